The molecule has 0 fully saturated rings. The number of benzene rings is 4. The lowest BCUT2D eigenvalue weighted by Crippen LogP contribution is -2.53. The van der Waals surface area contributed by atoms with Crippen LogP contribution in [0.15, 0.2) is 113 Å². The average molecular weight is 688 g/mol. The van der Waals surface area contributed by atoms with E-state index in [4.69, 9.17) is 4.74 Å². The third-order valence-corrected chi connectivity index (χ3v) is 10.5. The van der Waals surface area contributed by atoms with Crippen LogP contribution in [0, 0.1) is 6.92 Å². The number of unbranched alkanes of at least 4 members (excludes halogenated alkanes) is 1. The molecule has 0 saturated heterocycles. The van der Waals surface area contributed by atoms with Crippen molar-refractivity contribution in [3.63, 3.8) is 0 Å². The number of rotatable bonds is 17. The highest BCUT2D eigenvalue weighted by Crippen LogP contribution is 2.28. The van der Waals surface area contributed by atoms with Gasteiger partial charge in [-0.2, -0.15) is 0 Å². The number of ether oxygens (including phenoxy) is 1. The zero-order valence-corrected chi connectivity index (χ0v) is 29.7. The number of carbonyl (C=O) groups is 2. The largest absolute Gasteiger partial charge is 0.494 e. The molecule has 4 aromatic carbocycles. The Morgan fingerprint density at radius 3 is 2.12 bits per heavy atom. The highest BCUT2D eigenvalue weighted by Gasteiger charge is 2.34. The molecule has 1 atom stereocenters. The van der Waals surface area contributed by atoms with E-state index >= 15 is 0 Å². The van der Waals surface area contributed by atoms with Crippen molar-refractivity contribution in [1.82, 2.24) is 10.2 Å². The normalized spacial score (nSPS) is 11.8. The maximum absolute atomic E-state index is 14.6. The average Bonchev–Trinajstić information content (AvgIpc) is 3.10. The van der Waals surface area contributed by atoms with Crippen molar-refractivity contribution in [2.45, 2.75) is 62.4 Å². The zero-order chi connectivity index (χ0) is 34.5. The number of sulfonamides is 1. The van der Waals surface area contributed by atoms with Crippen molar-refractivity contribution >= 4 is 39.3 Å². The van der Waals surface area contributed by atoms with E-state index in [0.29, 0.717) is 24.6 Å². The smallest absolute Gasteiger partial charge is 0.264 e. The Hall–Kier alpha value is -4.28. The summed E-state index contributed by atoms with van der Waals surface area (Å²) in [7, 11) is -4.20. The minimum Gasteiger partial charge on any atom is -0.494 e. The number of carbonyl (C=O) groups excluding carboxylic acids is 2. The zero-order valence-electron chi connectivity index (χ0n) is 28.1. The summed E-state index contributed by atoms with van der Waals surface area (Å²) in [5.74, 6) is -0.196. The monoisotopic (exact) mass is 687 g/mol. The minimum absolute atomic E-state index is 0.0604. The predicted octanol–water partition coefficient (Wildman–Crippen LogP) is 6.87. The van der Waals surface area contributed by atoms with Crippen LogP contribution >= 0.6 is 11.8 Å². The van der Waals surface area contributed by atoms with E-state index in [1.54, 1.807) is 48.5 Å². The van der Waals surface area contributed by atoms with Gasteiger partial charge in [-0.3, -0.25) is 13.9 Å². The van der Waals surface area contributed by atoms with Crippen molar-refractivity contribution < 1.29 is 22.7 Å². The molecule has 254 valence electrons. The molecule has 0 unspecified atom stereocenters. The third-order valence-electron chi connectivity index (χ3n) is 7.94. The number of anilines is 1. The van der Waals surface area contributed by atoms with Gasteiger partial charge < -0.3 is 15.0 Å². The van der Waals surface area contributed by atoms with Crippen molar-refractivity contribution in [1.29, 1.82) is 0 Å². The lowest BCUT2D eigenvalue weighted by molar-refractivity contribution is -0.140. The van der Waals surface area contributed by atoms with Gasteiger partial charge in [0.05, 0.1) is 17.2 Å². The summed E-state index contributed by atoms with van der Waals surface area (Å²) in [4.78, 5) is 31.0. The van der Waals surface area contributed by atoms with Gasteiger partial charge >= 0.3 is 0 Å². The first kappa shape index (κ1) is 36.6. The van der Waals surface area contributed by atoms with Crippen LogP contribution < -0.4 is 14.4 Å². The lowest BCUT2D eigenvalue weighted by atomic mass is 10.0. The van der Waals surface area contributed by atoms with E-state index in [-0.39, 0.29) is 23.8 Å². The summed E-state index contributed by atoms with van der Waals surface area (Å²) < 4.78 is 35.3. The summed E-state index contributed by atoms with van der Waals surface area (Å²) in [5, 5.41) is 3.02. The van der Waals surface area contributed by atoms with Crippen LogP contribution in [0.4, 0.5) is 5.69 Å². The topological polar surface area (TPSA) is 96.0 Å². The molecule has 0 aliphatic carbocycles. The van der Waals surface area contributed by atoms with Crippen LogP contribution in [0.2, 0.25) is 0 Å². The van der Waals surface area contributed by atoms with Crippen LogP contribution in [-0.4, -0.2) is 57.1 Å². The van der Waals surface area contributed by atoms with Gasteiger partial charge in [0.1, 0.15) is 18.3 Å². The van der Waals surface area contributed by atoms with Crippen molar-refractivity contribution in [2.75, 3.05) is 30.3 Å². The van der Waals surface area contributed by atoms with Crippen molar-refractivity contribution in [3.8, 4) is 5.75 Å². The Morgan fingerprint density at radius 2 is 1.52 bits per heavy atom. The molecule has 2 amide bonds. The third kappa shape index (κ3) is 9.87. The molecule has 0 aliphatic rings. The molecule has 10 heteroatoms. The molecule has 4 aromatic rings. The van der Waals surface area contributed by atoms with E-state index in [9.17, 15) is 18.0 Å². The maximum Gasteiger partial charge on any atom is 0.264 e. The number of amides is 2. The molecule has 0 bridgehead atoms. The molecule has 48 heavy (non-hydrogen) atoms. The Kier molecular flexibility index (Phi) is 13.5. The first-order valence-electron chi connectivity index (χ1n) is 16.2. The van der Waals surface area contributed by atoms with Gasteiger partial charge in [-0.1, -0.05) is 73.5 Å². The quantitative estimate of drug-likeness (QED) is 0.0962. The Bertz CT molecular complexity index is 1710. The van der Waals surface area contributed by atoms with Crippen LogP contribution in [-0.2, 0) is 32.6 Å². The van der Waals surface area contributed by atoms with Gasteiger partial charge in [0.15, 0.2) is 0 Å². The molecule has 0 aliphatic heterocycles. The number of aryl methyl sites for hydroxylation is 1. The summed E-state index contributed by atoms with van der Waals surface area (Å²) in [5.41, 5.74) is 3.09. The first-order chi connectivity index (χ1) is 23.2. The van der Waals surface area contributed by atoms with Gasteiger partial charge in [0.2, 0.25) is 11.8 Å². The highest BCUT2D eigenvalue weighted by molar-refractivity contribution is 7.98. The van der Waals surface area contributed by atoms with Gasteiger partial charge in [-0.05, 0) is 86.2 Å². The fraction of sp³-hybridized carbons (Fsp3) is 0.316. The van der Waals surface area contributed by atoms with Crippen molar-refractivity contribution in [2.24, 2.45) is 0 Å². The molecule has 1 N–H and O–H groups in total. The number of nitrogens with zero attached hydrogens (tertiary/aromatic N) is 2. The molecular weight excluding hydrogens is 643 g/mol. The van der Waals surface area contributed by atoms with Crippen LogP contribution in [0.3, 0.4) is 0 Å². The van der Waals surface area contributed by atoms with Crippen LogP contribution in [0.1, 0.15) is 43.4 Å². The van der Waals surface area contributed by atoms with E-state index in [0.717, 1.165) is 38.7 Å². The molecule has 0 aromatic heterocycles. The molecule has 0 heterocycles. The van der Waals surface area contributed by atoms with Crippen molar-refractivity contribution in [3.05, 3.63) is 120 Å². The standard InChI is InChI=1S/C38H45N3O5S2/c1-5-7-25-39-38(43)36(26-30-11-9-8-10-12-30)40(27-31-15-13-29(3)14-16-31)37(42)28-41(32-17-19-33(20-18-32)46-6-2)48(44,45)35-23-21-34(47-4)22-24-35/h8-24,36H,5-7,25-28H2,1-4H3,(H,39,43)/t36-/m0/s1. The van der Waals surface area contributed by atoms with E-state index in [1.807, 2.05) is 81.6 Å². The molecule has 0 saturated carbocycles. The number of hydrogen-bond acceptors (Lipinski definition) is 6. The summed E-state index contributed by atoms with van der Waals surface area (Å²) in [6.07, 6.45) is 3.89. The molecule has 4 rings (SSSR count). The van der Waals surface area contributed by atoms with E-state index in [2.05, 4.69) is 5.32 Å². The molecule has 0 radical (unpaired) electrons. The minimum atomic E-state index is -4.20. The molecular formula is C38H45N3O5S2. The SMILES string of the molecule is CCCCNC(=O)[C@H](Cc1ccccc1)N(Cc1ccc(C)cc1)C(=O)CN(c1ccc(OCC)cc1)S(=O)(=O)c1ccc(SC)cc1. The van der Waals surface area contributed by atoms with Gasteiger partial charge in [-0.15, -0.1) is 11.8 Å². The number of hydrogen-bond donors (Lipinski definition) is 1. The summed E-state index contributed by atoms with van der Waals surface area (Å²) in [6, 6.07) is 29.7. The summed E-state index contributed by atoms with van der Waals surface area (Å²) in [6.45, 7) is 6.44. The Balaban J connectivity index is 1.79. The number of thioether (sulfide) groups is 1. The second-order valence-corrected chi connectivity index (χ2v) is 14.2. The van der Waals surface area contributed by atoms with Crippen LogP contribution in [0.5, 0.6) is 5.75 Å². The fourth-order valence-corrected chi connectivity index (χ4v) is 7.05. The predicted molar refractivity (Wildman–Crippen MR) is 194 cm³/mol. The van der Waals surface area contributed by atoms with E-state index in [1.165, 1.54) is 16.7 Å². The second-order valence-electron chi connectivity index (χ2n) is 11.5. The highest BCUT2D eigenvalue weighted by atomic mass is 32.2. The van der Waals surface area contributed by atoms with Crippen LogP contribution in [0.25, 0.3) is 0 Å². The molecule has 0 spiro atoms. The lowest BCUT2D eigenvalue weighted by Gasteiger charge is -2.34. The summed E-state index contributed by atoms with van der Waals surface area (Å²) >= 11 is 1.51. The van der Waals surface area contributed by atoms with Gasteiger partial charge in [0.25, 0.3) is 10.0 Å². The Labute approximate surface area is 289 Å². The second kappa shape index (κ2) is 17.8. The fourth-order valence-electron chi connectivity index (χ4n) is 5.23. The molecule has 8 nitrogen and oxygen atoms in total. The van der Waals surface area contributed by atoms with Gasteiger partial charge in [0, 0.05) is 24.4 Å². The first-order valence-corrected chi connectivity index (χ1v) is 18.9. The number of nitrogens with one attached hydrogen (secondary N) is 1. The van der Waals surface area contributed by atoms with E-state index < -0.39 is 28.5 Å². The maximum atomic E-state index is 14.6. The van der Waals surface area contributed by atoms with Gasteiger partial charge in [-0.25, -0.2) is 8.42 Å². The Morgan fingerprint density at radius 1 is 0.854 bits per heavy atom.